The minimum Gasteiger partial charge on any atom is -0.385 e. The van der Waals surface area contributed by atoms with E-state index in [4.69, 9.17) is 24.7 Å². The summed E-state index contributed by atoms with van der Waals surface area (Å²) in [5, 5.41) is 59.8. The first-order valence-electron chi connectivity index (χ1n) is 46.1. The van der Waals surface area contributed by atoms with E-state index >= 15 is 0 Å². The van der Waals surface area contributed by atoms with E-state index in [1.807, 2.05) is 144 Å². The van der Waals surface area contributed by atoms with Crippen LogP contribution in [0.3, 0.4) is 0 Å². The molecule has 2 aliphatic rings. The van der Waals surface area contributed by atoms with Crippen molar-refractivity contribution in [3.8, 4) is 89.5 Å². The van der Waals surface area contributed by atoms with Gasteiger partial charge >= 0.3 is 18.1 Å². The number of ketones is 1. The third kappa shape index (κ3) is 24.7. The predicted octanol–water partition coefficient (Wildman–Crippen LogP) is 18.0. The second-order valence-electron chi connectivity index (χ2n) is 34.4. The van der Waals surface area contributed by atoms with Crippen LogP contribution in [0.1, 0.15) is 145 Å². The standard InChI is InChI=1S/C27H31N7O3S.C27H31N7O2S.C27H25N5O2S.C21H20N6O2S/c1-4-28-25(35)33-26-32-22-12-18(19-14-30-24(31-15-19)27(2,3)36)11-20(23(22)38-26)21-6-5-17(13-29-21)16-34-7-9-37-10-8-34;1-4-28-25(35)33-26-32-22-13-17(18-14-29-24(30-15-18)27(2,3)36)12-20(23(22)37-26)21-9-7-8-19(31-21)16-34-10-5-6-11-34;1-3-6-19(33)15-24-31-23-14-18(13-20(26(23)35-24)21-7-4-5-10-28-21)17-8-9-22(30-16-17)25(34)27-29-11-12-32(27)2;1-3-22-20(29)27-21-26-17-9-13(14-10-24-19(12(2)28)25-11-14)8-15(18(17)30-21)16-6-4-5-7-23-16/h5-6,11-15,36H,4,7-10,16H2,1-3H3,(H2,28,32,33,35);7-9,12-15,36H,4-6,10-11,16H2,1-3H3,(H2,28,32,33,35);4-5,7-14,16,25,34H,3,6,15H2,1-2H3;4-12,28H,3H2,1-2H3,(H2,22,26,27,29)/t;;;12-/m...0/s1. The van der Waals surface area contributed by atoms with Gasteiger partial charge in [-0.1, -0.05) is 71.3 Å². The Labute approximate surface area is 824 Å². The summed E-state index contributed by atoms with van der Waals surface area (Å²) < 4.78 is 11.0. The van der Waals surface area contributed by atoms with Crippen molar-refractivity contribution in [2.75, 3.05) is 75.0 Å². The summed E-state index contributed by atoms with van der Waals surface area (Å²) >= 11 is 5.78. The van der Waals surface area contributed by atoms with E-state index < -0.39 is 23.4 Å². The number of anilines is 3. The van der Waals surface area contributed by atoms with Gasteiger partial charge in [0.15, 0.2) is 39.0 Å². The van der Waals surface area contributed by atoms with Gasteiger partial charge in [-0.3, -0.25) is 55.5 Å². The van der Waals surface area contributed by atoms with E-state index in [9.17, 15) is 39.6 Å². The molecular formula is C102H107N25O9S4. The number of nitrogens with one attached hydrogen (secondary N) is 6. The molecule has 2 fully saturated rings. The molecule has 718 valence electrons. The zero-order chi connectivity index (χ0) is 98.1. The molecule has 15 heterocycles. The number of amides is 6. The number of morpholine rings is 1. The number of aromatic nitrogens is 17. The molecule has 0 spiro atoms. The first-order valence-corrected chi connectivity index (χ1v) is 49.4. The zero-order valence-electron chi connectivity index (χ0n) is 79.0. The Morgan fingerprint density at radius 3 is 1.32 bits per heavy atom. The Morgan fingerprint density at radius 1 is 0.443 bits per heavy atom. The number of ether oxygens (including phenoxy) is 1. The number of hydrogen-bond acceptors (Lipinski definition) is 31. The SMILES string of the molecule is CCCC(=O)Cc1nc2cc(-c3ccc(C(O)c4nccn4C)nc3)cc(-c3ccccn3)c2s1.CCNC(=O)Nc1nc2cc(-c3cnc(C(C)(C)O)nc3)cc(-c3ccc(CN4CCOCC4)cn3)c2s1.CCNC(=O)Nc1nc2cc(-c3cnc(C(C)(C)O)nc3)cc(-c3cccc(CN4CCCC4)n3)c2s1.CCNC(=O)Nc1nc2cc(-c3cnc([C@H](C)O)nc3)cc(-c3ccccn3)c2s1. The van der Waals surface area contributed by atoms with E-state index in [1.54, 1.807) is 119 Å². The number of hydrogen-bond donors (Lipinski definition) is 10. The van der Waals surface area contributed by atoms with Crippen molar-refractivity contribution in [2.45, 2.75) is 131 Å². The average molecular weight is 1960 g/mol. The third-order valence-electron chi connectivity index (χ3n) is 22.7. The normalized spacial score (nSPS) is 13.3. The maximum absolute atomic E-state index is 12.2. The Kier molecular flexibility index (Phi) is 31.9. The molecule has 10 N–H and O–H groups in total. The number of nitrogens with zero attached hydrogens (tertiary/aromatic N) is 19. The summed E-state index contributed by atoms with van der Waals surface area (Å²) in [4.78, 5) is 126. The molecule has 2 atom stereocenters. The van der Waals surface area contributed by atoms with Crippen LogP contribution in [0.15, 0.2) is 202 Å². The quantitative estimate of drug-likeness (QED) is 0.0229. The number of benzene rings is 4. The van der Waals surface area contributed by atoms with Gasteiger partial charge in [0.1, 0.15) is 33.9 Å². The molecule has 1 unspecified atom stereocenters. The van der Waals surface area contributed by atoms with Crippen LogP contribution in [-0.2, 0) is 47.3 Å². The molecule has 17 aromatic rings. The summed E-state index contributed by atoms with van der Waals surface area (Å²) in [6, 6.07) is 40.8. The number of imidazole rings is 1. The molecule has 0 aliphatic carbocycles. The van der Waals surface area contributed by atoms with E-state index in [-0.39, 0.29) is 23.9 Å². The number of rotatable bonds is 27. The lowest BCUT2D eigenvalue weighted by Gasteiger charge is -2.26. The van der Waals surface area contributed by atoms with Crippen LogP contribution in [0.5, 0.6) is 0 Å². The van der Waals surface area contributed by atoms with Crippen molar-refractivity contribution in [1.82, 2.24) is 110 Å². The minimum atomic E-state index is -1.13. The topological polar surface area (TPSA) is 448 Å². The Bertz CT molecular complexity index is 7170. The third-order valence-corrected chi connectivity index (χ3v) is 26.8. The molecule has 4 aromatic carbocycles. The maximum atomic E-state index is 12.2. The van der Waals surface area contributed by atoms with Gasteiger partial charge in [0, 0.05) is 178 Å². The number of likely N-dealkylation sites (tertiary alicyclic amines) is 1. The molecule has 2 saturated heterocycles. The number of urea groups is 3. The Balaban J connectivity index is 0.000000135. The monoisotopic (exact) mass is 1950 g/mol. The lowest BCUT2D eigenvalue weighted by molar-refractivity contribution is -0.118. The first kappa shape index (κ1) is 98.9. The van der Waals surface area contributed by atoms with Gasteiger partial charge in [0.25, 0.3) is 0 Å². The lowest BCUT2D eigenvalue weighted by Crippen LogP contribution is -2.35. The fourth-order valence-electron chi connectivity index (χ4n) is 15.7. The highest BCUT2D eigenvalue weighted by Crippen LogP contribution is 2.44. The number of Topliss-reactive ketones (excluding diaryl/α,β-unsaturated/α-hetero) is 1. The molecule has 0 bridgehead atoms. The number of pyridine rings is 5. The predicted molar refractivity (Wildman–Crippen MR) is 548 cm³/mol. The number of aryl methyl sites for hydroxylation is 1. The van der Waals surface area contributed by atoms with E-state index in [0.717, 1.165) is 206 Å². The van der Waals surface area contributed by atoms with Crippen molar-refractivity contribution < 1.29 is 44.3 Å². The Morgan fingerprint density at radius 2 is 0.893 bits per heavy atom. The molecule has 19 rings (SSSR count). The molecule has 0 radical (unpaired) electrons. The molecule has 140 heavy (non-hydrogen) atoms. The van der Waals surface area contributed by atoms with Crippen molar-refractivity contribution in [1.29, 1.82) is 0 Å². The smallest absolute Gasteiger partial charge is 0.321 e. The van der Waals surface area contributed by atoms with Gasteiger partial charge < -0.3 is 45.7 Å². The first-order chi connectivity index (χ1) is 67.7. The van der Waals surface area contributed by atoms with Crippen LogP contribution in [0.25, 0.3) is 130 Å². The average Bonchev–Trinajstić information content (AvgIpc) is 1.61. The van der Waals surface area contributed by atoms with Gasteiger partial charge in [0.2, 0.25) is 0 Å². The fourth-order valence-corrected chi connectivity index (χ4v) is 19.7. The molecule has 0 saturated carbocycles. The van der Waals surface area contributed by atoms with Crippen LogP contribution in [0, 0.1) is 0 Å². The minimum absolute atomic E-state index is 0.206. The van der Waals surface area contributed by atoms with Gasteiger partial charge in [-0.15, -0.1) is 11.3 Å². The van der Waals surface area contributed by atoms with Crippen molar-refractivity contribution in [3.63, 3.8) is 0 Å². The number of fused-ring (bicyclic) bond motifs is 4. The van der Waals surface area contributed by atoms with Gasteiger partial charge in [-0.05, 0) is 213 Å². The number of carbonyl (C=O) groups excluding carboxylic acids is 4. The number of aliphatic hydroxyl groups is 4. The molecule has 34 nitrogen and oxygen atoms in total. The largest absolute Gasteiger partial charge is 0.385 e. The van der Waals surface area contributed by atoms with Crippen molar-refractivity contribution >= 4 is 125 Å². The highest BCUT2D eigenvalue weighted by Gasteiger charge is 2.27. The summed E-state index contributed by atoms with van der Waals surface area (Å²) in [5.74, 6) is 1.82. The second-order valence-corrected chi connectivity index (χ2v) is 38.5. The van der Waals surface area contributed by atoms with Crippen LogP contribution >= 0.6 is 45.3 Å². The summed E-state index contributed by atoms with van der Waals surface area (Å²) in [5.41, 5.74) is 17.4. The van der Waals surface area contributed by atoms with Gasteiger partial charge in [0.05, 0.1) is 94.7 Å². The van der Waals surface area contributed by atoms with Crippen molar-refractivity contribution in [3.05, 3.63) is 247 Å². The molecule has 6 amide bonds. The van der Waals surface area contributed by atoms with E-state index in [2.05, 4.69) is 126 Å². The van der Waals surface area contributed by atoms with Crippen molar-refractivity contribution in [2.24, 2.45) is 7.05 Å². The van der Waals surface area contributed by atoms with Crippen LogP contribution in [0.2, 0.25) is 0 Å². The van der Waals surface area contributed by atoms with Gasteiger partial charge in [-0.25, -0.2) is 69.2 Å². The maximum Gasteiger partial charge on any atom is 0.321 e. The molecule has 38 heteroatoms. The summed E-state index contributed by atoms with van der Waals surface area (Å²) in [6.45, 7) is 24.6. The summed E-state index contributed by atoms with van der Waals surface area (Å²) in [6.07, 6.45) is 23.4. The van der Waals surface area contributed by atoms with Crippen LogP contribution in [-0.4, -0.2) is 197 Å². The van der Waals surface area contributed by atoms with Crippen LogP contribution < -0.4 is 31.9 Å². The van der Waals surface area contributed by atoms with Crippen LogP contribution in [0.4, 0.5) is 29.8 Å². The second kappa shape index (κ2) is 45.2. The number of thiazole rings is 4. The number of aliphatic hydroxyl groups excluding tert-OH is 2. The highest BCUT2D eigenvalue weighted by atomic mass is 32.1. The zero-order valence-corrected chi connectivity index (χ0v) is 82.2. The Hall–Kier alpha value is -14.2. The summed E-state index contributed by atoms with van der Waals surface area (Å²) in [7, 11) is 1.84. The molecule has 13 aromatic heterocycles. The fraction of sp³-hybridized carbons (Fsp3) is 0.294. The van der Waals surface area contributed by atoms with Gasteiger partial charge in [-0.2, -0.15) is 0 Å². The van der Waals surface area contributed by atoms with E-state index in [1.165, 1.54) is 46.9 Å². The number of carbonyl (C=O) groups is 4. The molecule has 2 aliphatic heterocycles. The lowest BCUT2D eigenvalue weighted by atomic mass is 10.0. The van der Waals surface area contributed by atoms with E-state index in [0.29, 0.717) is 76.9 Å². The highest BCUT2D eigenvalue weighted by molar-refractivity contribution is 7.23. The molecular weight excluding hydrogens is 1850 g/mol.